The maximum atomic E-state index is 12.1. The standard InChI is InChI=1S/C13H18N4O4S/c1-8-9(7-10(20-8)22(18,19)17(2)3)11-15-12(16-21-11)13(14)5-4-6-13/h7H,4-6,14H2,1-3H3. The van der Waals surface area contributed by atoms with Crippen molar-refractivity contribution in [2.45, 2.75) is 36.8 Å². The van der Waals surface area contributed by atoms with Crippen molar-refractivity contribution in [3.63, 3.8) is 0 Å². The average molecular weight is 326 g/mol. The van der Waals surface area contributed by atoms with Gasteiger partial charge in [0.1, 0.15) is 5.76 Å². The molecule has 1 fully saturated rings. The first kappa shape index (κ1) is 15.2. The second kappa shape index (κ2) is 4.90. The minimum atomic E-state index is -3.65. The Morgan fingerprint density at radius 3 is 2.59 bits per heavy atom. The fraction of sp³-hybridized carbons (Fsp3) is 0.538. The molecule has 0 bridgehead atoms. The van der Waals surface area contributed by atoms with E-state index in [2.05, 4.69) is 10.1 Å². The number of rotatable bonds is 4. The lowest BCUT2D eigenvalue weighted by molar-refractivity contribution is 0.229. The third kappa shape index (κ3) is 2.25. The first-order chi connectivity index (χ1) is 10.2. The van der Waals surface area contributed by atoms with E-state index < -0.39 is 15.6 Å². The van der Waals surface area contributed by atoms with Crippen molar-refractivity contribution in [2.24, 2.45) is 5.73 Å². The van der Waals surface area contributed by atoms with Gasteiger partial charge in [0.2, 0.25) is 5.09 Å². The van der Waals surface area contributed by atoms with Gasteiger partial charge in [-0.05, 0) is 26.2 Å². The molecular formula is C13H18N4O4S. The molecule has 2 aromatic heterocycles. The molecule has 9 heteroatoms. The topological polar surface area (TPSA) is 115 Å². The Kier molecular flexibility index (Phi) is 3.38. The van der Waals surface area contributed by atoms with Crippen LogP contribution in [0.25, 0.3) is 11.5 Å². The summed E-state index contributed by atoms with van der Waals surface area (Å²) in [6, 6.07) is 1.39. The molecule has 0 atom stereocenters. The van der Waals surface area contributed by atoms with E-state index in [9.17, 15) is 8.42 Å². The summed E-state index contributed by atoms with van der Waals surface area (Å²) in [7, 11) is -0.776. The number of hydrogen-bond acceptors (Lipinski definition) is 7. The van der Waals surface area contributed by atoms with Gasteiger partial charge in [0, 0.05) is 20.2 Å². The van der Waals surface area contributed by atoms with Crippen LogP contribution >= 0.6 is 0 Å². The molecule has 3 rings (SSSR count). The molecule has 22 heavy (non-hydrogen) atoms. The van der Waals surface area contributed by atoms with Crippen molar-refractivity contribution in [1.82, 2.24) is 14.4 Å². The summed E-state index contributed by atoms with van der Waals surface area (Å²) >= 11 is 0. The van der Waals surface area contributed by atoms with Crippen LogP contribution in [0.4, 0.5) is 0 Å². The number of sulfonamides is 1. The Morgan fingerprint density at radius 1 is 1.36 bits per heavy atom. The summed E-state index contributed by atoms with van der Waals surface area (Å²) in [6.45, 7) is 1.65. The van der Waals surface area contributed by atoms with Crippen molar-refractivity contribution < 1.29 is 17.4 Å². The summed E-state index contributed by atoms with van der Waals surface area (Å²) in [6.07, 6.45) is 2.67. The summed E-state index contributed by atoms with van der Waals surface area (Å²) in [5.41, 5.74) is 6.09. The highest BCUT2D eigenvalue weighted by atomic mass is 32.2. The van der Waals surface area contributed by atoms with E-state index in [1.54, 1.807) is 6.92 Å². The molecule has 1 aliphatic rings. The zero-order chi connectivity index (χ0) is 16.1. The Morgan fingerprint density at radius 2 is 2.05 bits per heavy atom. The van der Waals surface area contributed by atoms with Gasteiger partial charge in [0.05, 0.1) is 11.1 Å². The molecule has 1 aliphatic carbocycles. The lowest BCUT2D eigenvalue weighted by Crippen LogP contribution is -2.44. The Bertz CT molecular complexity index is 802. The lowest BCUT2D eigenvalue weighted by Gasteiger charge is -2.34. The summed E-state index contributed by atoms with van der Waals surface area (Å²) in [5, 5.41) is 3.76. The van der Waals surface area contributed by atoms with Gasteiger partial charge in [0.25, 0.3) is 15.9 Å². The fourth-order valence-electron chi connectivity index (χ4n) is 2.29. The molecule has 2 aromatic rings. The first-order valence-electron chi connectivity index (χ1n) is 6.90. The van der Waals surface area contributed by atoms with E-state index in [0.717, 1.165) is 23.6 Å². The highest BCUT2D eigenvalue weighted by Gasteiger charge is 2.39. The van der Waals surface area contributed by atoms with Crippen LogP contribution in [0.3, 0.4) is 0 Å². The van der Waals surface area contributed by atoms with Gasteiger partial charge in [-0.3, -0.25) is 0 Å². The summed E-state index contributed by atoms with van der Waals surface area (Å²) < 4.78 is 35.8. The Hall–Kier alpha value is -1.71. The molecule has 0 saturated heterocycles. The number of aryl methyl sites for hydroxylation is 1. The first-order valence-corrected chi connectivity index (χ1v) is 8.34. The minimum absolute atomic E-state index is 0.157. The van der Waals surface area contributed by atoms with Gasteiger partial charge in [-0.15, -0.1) is 0 Å². The molecule has 0 aliphatic heterocycles. The molecule has 0 radical (unpaired) electrons. The van der Waals surface area contributed by atoms with Crippen molar-refractivity contribution in [2.75, 3.05) is 14.1 Å². The maximum absolute atomic E-state index is 12.1. The van der Waals surface area contributed by atoms with Crippen LogP contribution in [0.15, 0.2) is 20.1 Å². The van der Waals surface area contributed by atoms with Gasteiger partial charge < -0.3 is 14.7 Å². The third-order valence-electron chi connectivity index (χ3n) is 3.98. The summed E-state index contributed by atoms with van der Waals surface area (Å²) in [4.78, 5) is 4.30. The monoisotopic (exact) mass is 326 g/mol. The van der Waals surface area contributed by atoms with Crippen LogP contribution in [0.5, 0.6) is 0 Å². The lowest BCUT2D eigenvalue weighted by atomic mass is 9.77. The van der Waals surface area contributed by atoms with E-state index in [4.69, 9.17) is 14.7 Å². The molecule has 0 unspecified atom stereocenters. The number of furan rings is 1. The highest BCUT2D eigenvalue weighted by molar-refractivity contribution is 7.88. The molecule has 120 valence electrons. The fourth-order valence-corrected chi connectivity index (χ4v) is 3.15. The van der Waals surface area contributed by atoms with E-state index in [1.807, 2.05) is 0 Å². The molecule has 1 saturated carbocycles. The molecule has 0 spiro atoms. The van der Waals surface area contributed by atoms with E-state index >= 15 is 0 Å². The number of aromatic nitrogens is 2. The van der Waals surface area contributed by atoms with Crippen molar-refractivity contribution in [3.8, 4) is 11.5 Å². The molecule has 0 amide bonds. The van der Waals surface area contributed by atoms with E-state index in [-0.39, 0.29) is 11.0 Å². The maximum Gasteiger partial charge on any atom is 0.275 e. The molecule has 0 aromatic carbocycles. The van der Waals surface area contributed by atoms with Gasteiger partial charge >= 0.3 is 0 Å². The van der Waals surface area contributed by atoms with Gasteiger partial charge in [-0.2, -0.15) is 4.98 Å². The predicted molar refractivity (Wildman–Crippen MR) is 77.3 cm³/mol. The van der Waals surface area contributed by atoms with Crippen LogP contribution in [0.2, 0.25) is 0 Å². The number of nitrogens with two attached hydrogens (primary N) is 1. The number of nitrogens with zero attached hydrogens (tertiary/aromatic N) is 3. The van der Waals surface area contributed by atoms with Crippen LogP contribution in [-0.2, 0) is 15.6 Å². The van der Waals surface area contributed by atoms with Crippen LogP contribution in [0.1, 0.15) is 30.8 Å². The van der Waals surface area contributed by atoms with Crippen molar-refractivity contribution in [1.29, 1.82) is 0 Å². The quantitative estimate of drug-likeness (QED) is 0.898. The Balaban J connectivity index is 1.98. The van der Waals surface area contributed by atoms with Crippen LogP contribution in [-0.4, -0.2) is 37.0 Å². The second-order valence-corrected chi connectivity index (χ2v) is 7.84. The smallest absolute Gasteiger partial charge is 0.275 e. The second-order valence-electron chi connectivity index (χ2n) is 5.76. The minimum Gasteiger partial charge on any atom is -0.448 e. The zero-order valence-corrected chi connectivity index (χ0v) is 13.5. The van der Waals surface area contributed by atoms with E-state index in [1.165, 1.54) is 20.2 Å². The molecule has 2 N–H and O–H groups in total. The molecule has 2 heterocycles. The van der Waals surface area contributed by atoms with Gasteiger partial charge in [0.15, 0.2) is 5.82 Å². The largest absolute Gasteiger partial charge is 0.448 e. The van der Waals surface area contributed by atoms with Crippen LogP contribution < -0.4 is 5.73 Å². The Labute approximate surface area is 128 Å². The zero-order valence-electron chi connectivity index (χ0n) is 12.7. The van der Waals surface area contributed by atoms with Crippen LogP contribution in [0, 0.1) is 6.92 Å². The van der Waals surface area contributed by atoms with Crippen molar-refractivity contribution >= 4 is 10.0 Å². The van der Waals surface area contributed by atoms with Gasteiger partial charge in [-0.25, -0.2) is 12.7 Å². The normalized spacial score (nSPS) is 17.7. The summed E-state index contributed by atoms with van der Waals surface area (Å²) in [5.74, 6) is 1.06. The molecular weight excluding hydrogens is 308 g/mol. The molecule has 8 nitrogen and oxygen atoms in total. The predicted octanol–water partition coefficient (Wildman–Crippen LogP) is 1.23. The van der Waals surface area contributed by atoms with E-state index in [0.29, 0.717) is 17.1 Å². The average Bonchev–Trinajstić information content (AvgIpc) is 3.02. The van der Waals surface area contributed by atoms with Gasteiger partial charge in [-0.1, -0.05) is 5.16 Å². The SMILES string of the molecule is Cc1oc(S(=O)(=O)N(C)C)cc1-c1nc(C2(N)CCC2)no1. The highest BCUT2D eigenvalue weighted by Crippen LogP contribution is 2.38. The van der Waals surface area contributed by atoms with Crippen molar-refractivity contribution in [3.05, 3.63) is 17.7 Å². The number of hydrogen-bond donors (Lipinski definition) is 1. The third-order valence-corrected chi connectivity index (χ3v) is 5.65.